The molecule has 2 aliphatic rings. The molecule has 1 aromatic rings. The molecule has 2 bridgehead atoms. The summed E-state index contributed by atoms with van der Waals surface area (Å²) in [5.41, 5.74) is 0.669. The monoisotopic (exact) mass is 290 g/mol. The van der Waals surface area contributed by atoms with E-state index in [0.29, 0.717) is 31.2 Å². The molecule has 2 unspecified atom stereocenters. The summed E-state index contributed by atoms with van der Waals surface area (Å²) in [7, 11) is -3.01. The van der Waals surface area contributed by atoms with Gasteiger partial charge in [-0.05, 0) is 37.8 Å². The van der Waals surface area contributed by atoms with Gasteiger partial charge in [-0.1, -0.05) is 0 Å². The number of hydrogen-bond donors (Lipinski definition) is 0. The lowest BCUT2D eigenvalue weighted by atomic mass is 9.90. The van der Waals surface area contributed by atoms with Crippen LogP contribution in [-0.4, -0.2) is 29.7 Å². The number of pyridine rings is 1. The number of carbonyl (C=O) groups excluding carboxylic acids is 1. The molecule has 20 heavy (non-hydrogen) atoms. The topological polar surface area (TPSA) is 87.9 Å². The largest absolute Gasteiger partial charge is 0.294 e. The van der Waals surface area contributed by atoms with Gasteiger partial charge >= 0.3 is 0 Å². The number of sulfone groups is 1. The number of fused-ring (bicyclic) bond motifs is 2. The van der Waals surface area contributed by atoms with Crippen LogP contribution in [0.5, 0.6) is 0 Å². The lowest BCUT2D eigenvalue weighted by Crippen LogP contribution is -2.36. The van der Waals surface area contributed by atoms with Crippen LogP contribution in [0.4, 0.5) is 0 Å². The minimum atomic E-state index is -3.01. The van der Waals surface area contributed by atoms with E-state index in [-0.39, 0.29) is 27.9 Å². The quantitative estimate of drug-likeness (QED) is 0.770. The van der Waals surface area contributed by atoms with Crippen molar-refractivity contribution in [1.82, 2.24) is 4.98 Å². The zero-order valence-corrected chi connectivity index (χ0v) is 11.6. The third-order valence-electron chi connectivity index (χ3n) is 4.36. The first-order chi connectivity index (χ1) is 9.52. The number of nitriles is 1. The molecule has 2 aliphatic heterocycles. The molecule has 5 nitrogen and oxygen atoms in total. The van der Waals surface area contributed by atoms with Gasteiger partial charge in [0.25, 0.3) is 0 Å². The van der Waals surface area contributed by atoms with Crippen molar-refractivity contribution in [2.45, 2.75) is 36.2 Å². The first-order valence-electron chi connectivity index (χ1n) is 6.65. The van der Waals surface area contributed by atoms with E-state index >= 15 is 0 Å². The molecule has 3 heterocycles. The number of nitrogens with zero attached hydrogens (tertiary/aromatic N) is 2. The molecule has 0 amide bonds. The van der Waals surface area contributed by atoms with Crippen molar-refractivity contribution in [2.75, 3.05) is 0 Å². The van der Waals surface area contributed by atoms with Crippen molar-refractivity contribution in [2.24, 2.45) is 5.92 Å². The molecule has 0 N–H and O–H groups in total. The first-order valence-corrected chi connectivity index (χ1v) is 8.26. The summed E-state index contributed by atoms with van der Waals surface area (Å²) in [5, 5.41) is 8.11. The van der Waals surface area contributed by atoms with E-state index in [1.165, 1.54) is 12.3 Å². The van der Waals surface area contributed by atoms with Crippen LogP contribution in [0, 0.1) is 17.2 Å². The van der Waals surface area contributed by atoms with E-state index < -0.39 is 9.84 Å². The molecular weight excluding hydrogens is 276 g/mol. The number of carbonyl (C=O) groups is 1. The van der Waals surface area contributed by atoms with Crippen LogP contribution in [0.1, 0.15) is 41.7 Å². The van der Waals surface area contributed by atoms with Crippen molar-refractivity contribution in [3.8, 4) is 6.07 Å². The Kier molecular flexibility index (Phi) is 3.09. The lowest BCUT2D eigenvalue weighted by molar-refractivity contribution is 0.0905. The van der Waals surface area contributed by atoms with Gasteiger partial charge in [0.1, 0.15) is 11.8 Å². The number of Topliss-reactive ketones (excluding diaryl/α,β-unsaturated/α-hetero) is 1. The van der Waals surface area contributed by atoms with Gasteiger partial charge in [0.05, 0.1) is 10.5 Å². The Morgan fingerprint density at radius 3 is 2.55 bits per heavy atom. The van der Waals surface area contributed by atoms with Crippen LogP contribution >= 0.6 is 0 Å². The summed E-state index contributed by atoms with van der Waals surface area (Å²) in [5.74, 6) is -0.305. The van der Waals surface area contributed by atoms with Crippen LogP contribution in [0.2, 0.25) is 0 Å². The van der Waals surface area contributed by atoms with E-state index in [9.17, 15) is 13.2 Å². The van der Waals surface area contributed by atoms with Crippen molar-refractivity contribution in [3.05, 3.63) is 29.6 Å². The summed E-state index contributed by atoms with van der Waals surface area (Å²) in [6.45, 7) is 0. The Bertz CT molecular complexity index is 685. The van der Waals surface area contributed by atoms with E-state index in [4.69, 9.17) is 5.26 Å². The second kappa shape index (κ2) is 4.67. The summed E-state index contributed by atoms with van der Waals surface area (Å²) in [6, 6.07) is 4.98. The van der Waals surface area contributed by atoms with Crippen LogP contribution in [0.15, 0.2) is 18.3 Å². The highest BCUT2D eigenvalue weighted by atomic mass is 32.2. The maximum absolute atomic E-state index is 12.5. The Hall–Kier alpha value is -1.74. The van der Waals surface area contributed by atoms with Gasteiger partial charge in [-0.2, -0.15) is 5.26 Å². The molecule has 0 aromatic carbocycles. The summed E-state index contributed by atoms with van der Waals surface area (Å²) in [6.07, 6.45) is 3.64. The zero-order valence-electron chi connectivity index (χ0n) is 10.8. The van der Waals surface area contributed by atoms with Crippen molar-refractivity contribution in [1.29, 1.82) is 5.26 Å². The van der Waals surface area contributed by atoms with Gasteiger partial charge in [0.2, 0.25) is 0 Å². The first kappa shape index (κ1) is 13.3. The molecule has 0 spiro atoms. The predicted molar refractivity (Wildman–Crippen MR) is 71.7 cm³/mol. The lowest BCUT2D eigenvalue weighted by Gasteiger charge is -2.26. The molecule has 0 saturated carbocycles. The van der Waals surface area contributed by atoms with Gasteiger partial charge in [0, 0.05) is 17.7 Å². The summed E-state index contributed by atoms with van der Waals surface area (Å²) >= 11 is 0. The number of hydrogen-bond acceptors (Lipinski definition) is 5. The second-order valence-corrected chi connectivity index (χ2v) is 8.00. The van der Waals surface area contributed by atoms with Crippen LogP contribution < -0.4 is 0 Å². The third kappa shape index (κ3) is 2.02. The minimum absolute atomic E-state index is 0.0595. The fourth-order valence-corrected chi connectivity index (χ4v) is 5.78. The average molecular weight is 290 g/mol. The van der Waals surface area contributed by atoms with Crippen molar-refractivity contribution in [3.63, 3.8) is 0 Å². The van der Waals surface area contributed by atoms with Crippen molar-refractivity contribution < 1.29 is 13.2 Å². The molecule has 104 valence electrons. The molecule has 1 aromatic heterocycles. The van der Waals surface area contributed by atoms with Crippen LogP contribution in [-0.2, 0) is 9.84 Å². The molecule has 2 saturated heterocycles. The molecule has 0 radical (unpaired) electrons. The van der Waals surface area contributed by atoms with E-state index in [2.05, 4.69) is 4.98 Å². The van der Waals surface area contributed by atoms with Crippen molar-refractivity contribution >= 4 is 15.6 Å². The number of ketones is 1. The van der Waals surface area contributed by atoms with Gasteiger partial charge in [-0.3, -0.25) is 4.79 Å². The van der Waals surface area contributed by atoms with Gasteiger partial charge in [0.15, 0.2) is 15.6 Å². The highest BCUT2D eigenvalue weighted by molar-refractivity contribution is 7.93. The maximum atomic E-state index is 12.5. The standard InChI is InChI=1S/C14H14N2O3S/c15-8-11-5-9(3-4-16-11)14(17)10-6-12-1-2-13(7-10)20(12,18)19/h3-5,10,12-13H,1-2,6-7H2. The highest BCUT2D eigenvalue weighted by Gasteiger charge is 2.48. The van der Waals surface area contributed by atoms with E-state index in [1.807, 2.05) is 6.07 Å². The Morgan fingerprint density at radius 2 is 1.95 bits per heavy atom. The Morgan fingerprint density at radius 1 is 1.30 bits per heavy atom. The maximum Gasteiger partial charge on any atom is 0.166 e. The van der Waals surface area contributed by atoms with Crippen LogP contribution in [0.25, 0.3) is 0 Å². The minimum Gasteiger partial charge on any atom is -0.294 e. The number of rotatable bonds is 2. The third-order valence-corrected chi connectivity index (χ3v) is 7.08. The van der Waals surface area contributed by atoms with Gasteiger partial charge in [-0.15, -0.1) is 0 Å². The Labute approximate surface area is 117 Å². The predicted octanol–water partition coefficient (Wildman–Crippen LogP) is 1.49. The molecule has 6 heteroatoms. The number of aromatic nitrogens is 1. The summed E-state index contributed by atoms with van der Waals surface area (Å²) < 4.78 is 24.0. The fraction of sp³-hybridized carbons (Fsp3) is 0.500. The summed E-state index contributed by atoms with van der Waals surface area (Å²) in [4.78, 5) is 16.3. The van der Waals surface area contributed by atoms with E-state index in [1.54, 1.807) is 6.07 Å². The van der Waals surface area contributed by atoms with Gasteiger partial charge < -0.3 is 0 Å². The van der Waals surface area contributed by atoms with Gasteiger partial charge in [-0.25, -0.2) is 13.4 Å². The zero-order chi connectivity index (χ0) is 14.3. The van der Waals surface area contributed by atoms with Crippen LogP contribution in [0.3, 0.4) is 0 Å². The fourth-order valence-electron chi connectivity index (χ4n) is 3.30. The molecular formula is C14H14N2O3S. The smallest absolute Gasteiger partial charge is 0.166 e. The SMILES string of the molecule is N#Cc1cc(C(=O)C2CC3CCC(C2)S3(=O)=O)ccn1. The second-order valence-electron chi connectivity index (χ2n) is 5.48. The molecule has 3 rings (SSSR count). The molecule has 2 fully saturated rings. The normalized spacial score (nSPS) is 30.6. The van der Waals surface area contributed by atoms with E-state index in [0.717, 1.165) is 0 Å². The molecule has 0 aliphatic carbocycles. The Balaban J connectivity index is 1.85. The average Bonchev–Trinajstić information content (AvgIpc) is 2.66. The highest BCUT2D eigenvalue weighted by Crippen LogP contribution is 2.42. The molecule has 2 atom stereocenters.